The minimum Gasteiger partial charge on any atom is -0.493 e. The van der Waals surface area contributed by atoms with Gasteiger partial charge in [-0.25, -0.2) is 0 Å². The highest BCUT2D eigenvalue weighted by Gasteiger charge is 2.50. The van der Waals surface area contributed by atoms with Crippen molar-refractivity contribution in [2.45, 2.75) is 86.7 Å². The lowest BCUT2D eigenvalue weighted by molar-refractivity contribution is 0.00899. The van der Waals surface area contributed by atoms with Crippen LogP contribution < -0.4 is 0 Å². The predicted molar refractivity (Wildman–Crippen MR) is 155 cm³/mol. The van der Waals surface area contributed by atoms with Gasteiger partial charge in [-0.2, -0.15) is 0 Å². The van der Waals surface area contributed by atoms with Gasteiger partial charge in [0.25, 0.3) is 0 Å². The number of allylic oxidation sites excluding steroid dienone is 1. The van der Waals surface area contributed by atoms with Crippen molar-refractivity contribution < 1.29 is 19.1 Å². The van der Waals surface area contributed by atoms with Crippen LogP contribution in [0.1, 0.15) is 93.6 Å². The summed E-state index contributed by atoms with van der Waals surface area (Å²) in [5, 5.41) is 0. The zero-order valence-corrected chi connectivity index (χ0v) is 24.4. The Kier molecular flexibility index (Phi) is 9.89. The molecule has 0 heterocycles. The second-order valence-corrected chi connectivity index (χ2v) is 10.6. The molecular formula is C34H43O4. The summed E-state index contributed by atoms with van der Waals surface area (Å²) in [6.07, 6.45) is 8.84. The second-order valence-electron chi connectivity index (χ2n) is 10.6. The molecular weight excluding hydrogens is 472 g/mol. The Morgan fingerprint density at radius 3 is 1.76 bits per heavy atom. The Hall–Kier alpha value is -2.98. The monoisotopic (exact) mass is 515 g/mol. The van der Waals surface area contributed by atoms with E-state index in [1.807, 2.05) is 65.8 Å². The van der Waals surface area contributed by atoms with Crippen LogP contribution in [-0.2, 0) is 9.47 Å². The number of benzene rings is 2. The maximum Gasteiger partial charge on any atom is 0.200 e. The number of hydrogen-bond donors (Lipinski definition) is 0. The fourth-order valence-electron chi connectivity index (χ4n) is 5.49. The topological polar surface area (TPSA) is 52.6 Å². The number of unbranched alkanes of at least 4 members (excludes halogenated alkanes) is 2. The molecule has 0 fully saturated rings. The number of carbonyl (C=O) groups excluding carboxylic acids is 2. The molecule has 1 radical (unpaired) electrons. The SMILES string of the molecule is CCCCOC1=C(C(=O)c2c(C)cc(C)cc2C)C(OCCCC)(C(=O)c2c(C)cc(C)cc2C)[CH]C=C1. The van der Waals surface area contributed by atoms with Crippen molar-refractivity contribution >= 4 is 11.6 Å². The molecule has 0 aliphatic heterocycles. The smallest absolute Gasteiger partial charge is 0.200 e. The molecule has 3 rings (SSSR count). The van der Waals surface area contributed by atoms with Crippen molar-refractivity contribution in [1.82, 2.24) is 0 Å². The average molecular weight is 516 g/mol. The van der Waals surface area contributed by atoms with Crippen molar-refractivity contribution in [3.63, 3.8) is 0 Å². The number of rotatable bonds is 12. The molecule has 0 amide bonds. The molecule has 2 aromatic rings. The summed E-state index contributed by atoms with van der Waals surface area (Å²) < 4.78 is 12.8. The van der Waals surface area contributed by atoms with E-state index < -0.39 is 5.60 Å². The highest BCUT2D eigenvalue weighted by Crippen LogP contribution is 2.40. The molecule has 4 nitrogen and oxygen atoms in total. The summed E-state index contributed by atoms with van der Waals surface area (Å²) in [6.45, 7) is 16.8. The minimum absolute atomic E-state index is 0.223. The Balaban J connectivity index is 2.32. The summed E-state index contributed by atoms with van der Waals surface area (Å²) in [5.74, 6) is -0.0349. The Morgan fingerprint density at radius 2 is 1.24 bits per heavy atom. The van der Waals surface area contributed by atoms with E-state index in [0.29, 0.717) is 30.1 Å². The van der Waals surface area contributed by atoms with Crippen LogP contribution in [0.25, 0.3) is 0 Å². The molecule has 0 N–H and O–H groups in total. The molecule has 1 atom stereocenters. The minimum atomic E-state index is -1.59. The van der Waals surface area contributed by atoms with E-state index in [2.05, 4.69) is 13.8 Å². The second kappa shape index (κ2) is 12.7. The molecule has 0 bridgehead atoms. The van der Waals surface area contributed by atoms with Gasteiger partial charge in [0.15, 0.2) is 11.4 Å². The molecule has 1 aliphatic carbocycles. The number of aryl methyl sites for hydroxylation is 6. The van der Waals surface area contributed by atoms with Crippen LogP contribution in [0.2, 0.25) is 0 Å². The van der Waals surface area contributed by atoms with Gasteiger partial charge in [0.05, 0.1) is 12.2 Å². The molecule has 38 heavy (non-hydrogen) atoms. The first-order chi connectivity index (χ1) is 18.1. The maximum absolute atomic E-state index is 14.7. The summed E-state index contributed by atoms with van der Waals surface area (Å²) in [7, 11) is 0. The van der Waals surface area contributed by atoms with Crippen molar-refractivity contribution in [2.24, 2.45) is 0 Å². The molecule has 1 unspecified atom stereocenters. The third-order valence-electron chi connectivity index (χ3n) is 7.15. The van der Waals surface area contributed by atoms with E-state index in [1.54, 1.807) is 18.6 Å². The van der Waals surface area contributed by atoms with Crippen LogP contribution in [-0.4, -0.2) is 30.4 Å². The van der Waals surface area contributed by atoms with Gasteiger partial charge in [-0.05, 0) is 82.7 Å². The van der Waals surface area contributed by atoms with Crippen LogP contribution >= 0.6 is 0 Å². The Bertz CT molecular complexity index is 1220. The fraction of sp³-hybridized carbons (Fsp3) is 0.441. The number of ether oxygens (including phenoxy) is 2. The highest BCUT2D eigenvalue weighted by atomic mass is 16.5. The molecule has 0 saturated carbocycles. The first-order valence-electron chi connectivity index (χ1n) is 13.9. The van der Waals surface area contributed by atoms with Crippen LogP contribution in [0.4, 0.5) is 0 Å². The van der Waals surface area contributed by atoms with E-state index in [9.17, 15) is 9.59 Å². The predicted octanol–water partition coefficient (Wildman–Crippen LogP) is 8.00. The van der Waals surface area contributed by atoms with Gasteiger partial charge < -0.3 is 9.47 Å². The highest BCUT2D eigenvalue weighted by molar-refractivity contribution is 6.20. The first kappa shape index (κ1) is 29.6. The quantitative estimate of drug-likeness (QED) is 0.212. The third-order valence-corrected chi connectivity index (χ3v) is 7.15. The largest absolute Gasteiger partial charge is 0.493 e. The zero-order valence-electron chi connectivity index (χ0n) is 24.4. The molecule has 0 saturated heterocycles. The van der Waals surface area contributed by atoms with E-state index in [0.717, 1.165) is 59.1 Å². The lowest BCUT2D eigenvalue weighted by atomic mass is 9.74. The molecule has 2 aromatic carbocycles. The summed E-state index contributed by atoms with van der Waals surface area (Å²) in [4.78, 5) is 29.3. The third kappa shape index (κ3) is 6.02. The van der Waals surface area contributed by atoms with E-state index in [1.165, 1.54) is 0 Å². The molecule has 0 spiro atoms. The van der Waals surface area contributed by atoms with Gasteiger partial charge in [-0.3, -0.25) is 9.59 Å². The fourth-order valence-corrected chi connectivity index (χ4v) is 5.49. The van der Waals surface area contributed by atoms with Gasteiger partial charge in [-0.1, -0.05) is 68.2 Å². The number of ketones is 2. The summed E-state index contributed by atoms with van der Waals surface area (Å²) in [5.41, 5.74) is 5.55. The number of carbonyl (C=O) groups is 2. The van der Waals surface area contributed by atoms with Crippen molar-refractivity contribution in [3.8, 4) is 0 Å². The molecule has 203 valence electrons. The normalized spacial score (nSPS) is 17.2. The van der Waals surface area contributed by atoms with Crippen LogP contribution in [0.15, 0.2) is 47.7 Å². The number of hydrogen-bond acceptors (Lipinski definition) is 4. The first-order valence-corrected chi connectivity index (χ1v) is 13.9. The zero-order chi connectivity index (χ0) is 28.0. The lowest BCUT2D eigenvalue weighted by Crippen LogP contribution is -2.49. The maximum atomic E-state index is 14.7. The van der Waals surface area contributed by atoms with Crippen LogP contribution in [0.3, 0.4) is 0 Å². The van der Waals surface area contributed by atoms with E-state index in [-0.39, 0.29) is 17.1 Å². The van der Waals surface area contributed by atoms with Crippen LogP contribution in [0.5, 0.6) is 0 Å². The van der Waals surface area contributed by atoms with E-state index >= 15 is 0 Å². The number of Topliss-reactive ketones (excluding diaryl/α,β-unsaturated/α-hetero) is 2. The summed E-state index contributed by atoms with van der Waals surface area (Å²) >= 11 is 0. The van der Waals surface area contributed by atoms with Gasteiger partial charge >= 0.3 is 0 Å². The van der Waals surface area contributed by atoms with Crippen LogP contribution in [0, 0.1) is 48.0 Å². The molecule has 0 aromatic heterocycles. The van der Waals surface area contributed by atoms with E-state index in [4.69, 9.17) is 9.47 Å². The van der Waals surface area contributed by atoms with Gasteiger partial charge in [0.1, 0.15) is 5.76 Å². The Morgan fingerprint density at radius 1 is 0.737 bits per heavy atom. The Labute approximate surface area is 229 Å². The lowest BCUT2D eigenvalue weighted by Gasteiger charge is -2.37. The summed E-state index contributed by atoms with van der Waals surface area (Å²) in [6, 6.07) is 8.04. The molecule has 4 heteroatoms. The molecule has 1 aliphatic rings. The van der Waals surface area contributed by atoms with Gasteiger partial charge in [-0.15, -0.1) is 0 Å². The van der Waals surface area contributed by atoms with Crippen molar-refractivity contribution in [1.29, 1.82) is 0 Å². The average Bonchev–Trinajstić information content (AvgIpc) is 2.83. The van der Waals surface area contributed by atoms with Crippen molar-refractivity contribution in [2.75, 3.05) is 13.2 Å². The van der Waals surface area contributed by atoms with Crippen molar-refractivity contribution in [3.05, 3.63) is 98.7 Å². The van der Waals surface area contributed by atoms with Gasteiger partial charge in [0, 0.05) is 24.2 Å². The van der Waals surface area contributed by atoms with Gasteiger partial charge in [0.2, 0.25) is 5.78 Å². The standard InChI is InChI=1S/C34H43O4/c1-9-11-16-37-28-14-13-15-34(38-17-12-10-2,33(36)30-26(7)20-23(4)21-27(30)8)31(28)32(35)29-24(5)18-22(3)19-25(29)6/h13-15,18-21H,9-12,16-17H2,1-8H3.